The number of benzene rings is 4. The van der Waals surface area contributed by atoms with Crippen molar-refractivity contribution in [3.8, 4) is 11.1 Å². The SMILES string of the molecule is CN(C)C(O)c1cccc(-c2cccc(CN3C(=O)C(c4ccccc4)(c4ccccc4)N=C3N)c2)c1. The van der Waals surface area contributed by atoms with Gasteiger partial charge < -0.3 is 10.8 Å². The Hall–Kier alpha value is -4.26. The van der Waals surface area contributed by atoms with Gasteiger partial charge in [-0.2, -0.15) is 0 Å². The smallest absolute Gasteiger partial charge is 0.266 e. The van der Waals surface area contributed by atoms with Crippen LogP contribution in [0.2, 0.25) is 0 Å². The molecular weight excluding hydrogens is 460 g/mol. The van der Waals surface area contributed by atoms with Crippen molar-refractivity contribution in [3.05, 3.63) is 131 Å². The van der Waals surface area contributed by atoms with Crippen LogP contribution in [0.25, 0.3) is 11.1 Å². The van der Waals surface area contributed by atoms with Crippen LogP contribution in [0.4, 0.5) is 0 Å². The number of aliphatic imine (C=N–C) groups is 1. The number of hydrogen-bond donors (Lipinski definition) is 2. The molecular formula is C31H30N4O2. The maximum atomic E-state index is 14.1. The van der Waals surface area contributed by atoms with Gasteiger partial charge in [0.2, 0.25) is 0 Å². The molecule has 4 aromatic rings. The zero-order chi connectivity index (χ0) is 26.0. The number of aliphatic hydroxyl groups is 1. The lowest BCUT2D eigenvalue weighted by molar-refractivity contribution is -0.130. The molecule has 0 aliphatic carbocycles. The highest BCUT2D eigenvalue weighted by Gasteiger charge is 2.50. The van der Waals surface area contributed by atoms with Gasteiger partial charge >= 0.3 is 0 Å². The summed E-state index contributed by atoms with van der Waals surface area (Å²) >= 11 is 0. The number of amides is 1. The summed E-state index contributed by atoms with van der Waals surface area (Å²) in [7, 11) is 3.67. The standard InChI is InChI=1S/C31H30N4O2/c1-34(2)28(36)25-14-10-13-24(20-25)23-12-9-11-22(19-23)21-35-29(37)31(33-30(35)32,26-15-5-3-6-16-26)27-17-7-4-8-18-27/h3-20,28,36H,21H2,1-2H3,(H2,32,33). The Morgan fingerprint density at radius 3 is 2.00 bits per heavy atom. The van der Waals surface area contributed by atoms with Crippen molar-refractivity contribution in [1.29, 1.82) is 0 Å². The Morgan fingerprint density at radius 1 is 0.838 bits per heavy atom. The fourth-order valence-electron chi connectivity index (χ4n) is 4.84. The molecule has 6 heteroatoms. The highest BCUT2D eigenvalue weighted by atomic mass is 16.3. The zero-order valence-corrected chi connectivity index (χ0v) is 21.0. The molecule has 37 heavy (non-hydrogen) atoms. The summed E-state index contributed by atoms with van der Waals surface area (Å²) in [6.45, 7) is 0.295. The van der Waals surface area contributed by atoms with Gasteiger partial charge in [-0.3, -0.25) is 14.6 Å². The highest BCUT2D eigenvalue weighted by Crippen LogP contribution is 2.40. The molecule has 186 valence electrons. The minimum Gasteiger partial charge on any atom is -0.374 e. The second-order valence-electron chi connectivity index (χ2n) is 9.47. The van der Waals surface area contributed by atoms with Crippen LogP contribution in [0.15, 0.2) is 114 Å². The van der Waals surface area contributed by atoms with Crippen LogP contribution in [-0.4, -0.2) is 40.9 Å². The second-order valence-corrected chi connectivity index (χ2v) is 9.47. The van der Waals surface area contributed by atoms with E-state index in [0.29, 0.717) is 6.54 Å². The normalized spacial score (nSPS) is 15.6. The minimum atomic E-state index is -1.22. The third kappa shape index (κ3) is 4.53. The molecule has 1 heterocycles. The second kappa shape index (κ2) is 10.0. The van der Waals surface area contributed by atoms with E-state index < -0.39 is 11.8 Å². The average Bonchev–Trinajstić information content (AvgIpc) is 3.19. The topological polar surface area (TPSA) is 82.2 Å². The third-order valence-electron chi connectivity index (χ3n) is 6.77. The predicted octanol–water partition coefficient (Wildman–Crippen LogP) is 4.51. The van der Waals surface area contributed by atoms with E-state index in [0.717, 1.165) is 33.4 Å². The molecule has 4 aromatic carbocycles. The monoisotopic (exact) mass is 490 g/mol. The van der Waals surface area contributed by atoms with Crippen LogP contribution < -0.4 is 5.73 Å². The van der Waals surface area contributed by atoms with Crippen LogP contribution in [0, 0.1) is 0 Å². The van der Waals surface area contributed by atoms with Gasteiger partial charge in [0, 0.05) is 0 Å². The van der Waals surface area contributed by atoms with Gasteiger partial charge in [-0.15, -0.1) is 0 Å². The molecule has 0 aromatic heterocycles. The molecule has 6 nitrogen and oxygen atoms in total. The molecule has 1 aliphatic rings. The summed E-state index contributed by atoms with van der Waals surface area (Å²) < 4.78 is 0. The van der Waals surface area contributed by atoms with E-state index in [4.69, 9.17) is 10.7 Å². The lowest BCUT2D eigenvalue weighted by Gasteiger charge is -2.27. The van der Waals surface area contributed by atoms with Gasteiger partial charge in [0.05, 0.1) is 6.54 Å². The molecule has 0 saturated heterocycles. The van der Waals surface area contributed by atoms with Crippen molar-refractivity contribution >= 4 is 11.9 Å². The van der Waals surface area contributed by atoms with Crippen LogP contribution >= 0.6 is 0 Å². The van der Waals surface area contributed by atoms with Gasteiger partial charge in [-0.1, -0.05) is 97.1 Å². The summed E-state index contributed by atoms with van der Waals surface area (Å²) in [6, 6.07) is 35.0. The molecule has 0 spiro atoms. The van der Waals surface area contributed by atoms with Crippen molar-refractivity contribution in [2.45, 2.75) is 18.3 Å². The number of aliphatic hydroxyl groups excluding tert-OH is 1. The number of guanidine groups is 1. The number of hydrogen-bond acceptors (Lipinski definition) is 5. The number of carbonyl (C=O) groups is 1. The fourth-order valence-corrected chi connectivity index (χ4v) is 4.84. The minimum absolute atomic E-state index is 0.177. The Balaban J connectivity index is 1.48. The molecule has 0 radical (unpaired) electrons. The maximum Gasteiger partial charge on any atom is 0.266 e. The largest absolute Gasteiger partial charge is 0.374 e. The van der Waals surface area contributed by atoms with Gasteiger partial charge in [-0.05, 0) is 59.6 Å². The lowest BCUT2D eigenvalue weighted by Crippen LogP contribution is -2.43. The van der Waals surface area contributed by atoms with Crippen molar-refractivity contribution < 1.29 is 9.90 Å². The van der Waals surface area contributed by atoms with Crippen molar-refractivity contribution in [2.24, 2.45) is 10.7 Å². The fraction of sp³-hybridized carbons (Fsp3) is 0.161. The first-order valence-electron chi connectivity index (χ1n) is 12.2. The Kier molecular flexibility index (Phi) is 6.61. The summed E-state index contributed by atoms with van der Waals surface area (Å²) in [5, 5.41) is 10.5. The van der Waals surface area contributed by atoms with E-state index in [-0.39, 0.29) is 11.9 Å². The van der Waals surface area contributed by atoms with Crippen molar-refractivity contribution in [1.82, 2.24) is 9.80 Å². The van der Waals surface area contributed by atoms with Crippen LogP contribution in [0.3, 0.4) is 0 Å². The van der Waals surface area contributed by atoms with E-state index in [1.165, 1.54) is 0 Å². The molecule has 0 saturated carbocycles. The number of rotatable bonds is 7. The molecule has 3 N–H and O–H groups in total. The Bertz CT molecular complexity index is 1390. The van der Waals surface area contributed by atoms with E-state index in [9.17, 15) is 9.90 Å². The Morgan fingerprint density at radius 2 is 1.41 bits per heavy atom. The summed E-state index contributed by atoms with van der Waals surface area (Å²) in [6.07, 6.45) is -0.689. The number of carbonyl (C=O) groups excluding carboxylic acids is 1. The van der Waals surface area contributed by atoms with Gasteiger partial charge in [0.25, 0.3) is 5.91 Å². The molecule has 1 amide bonds. The third-order valence-corrected chi connectivity index (χ3v) is 6.77. The van der Waals surface area contributed by atoms with Crippen LogP contribution in [0.1, 0.15) is 28.5 Å². The van der Waals surface area contributed by atoms with E-state index >= 15 is 0 Å². The first kappa shape index (κ1) is 24.4. The average molecular weight is 491 g/mol. The maximum absolute atomic E-state index is 14.1. The molecule has 1 atom stereocenters. The predicted molar refractivity (Wildman–Crippen MR) is 146 cm³/mol. The highest BCUT2D eigenvalue weighted by molar-refractivity contribution is 6.09. The summed E-state index contributed by atoms with van der Waals surface area (Å²) in [5.41, 5.74) is 10.5. The molecule has 0 fully saturated rings. The summed E-state index contributed by atoms with van der Waals surface area (Å²) in [5.74, 6) is 0.0168. The van der Waals surface area contributed by atoms with Gasteiger partial charge in [0.1, 0.15) is 6.23 Å². The van der Waals surface area contributed by atoms with Crippen LogP contribution in [0.5, 0.6) is 0 Å². The first-order chi connectivity index (χ1) is 17.9. The molecule has 5 rings (SSSR count). The van der Waals surface area contributed by atoms with Crippen molar-refractivity contribution in [2.75, 3.05) is 14.1 Å². The number of nitrogens with two attached hydrogens (primary N) is 1. The van der Waals surface area contributed by atoms with Gasteiger partial charge in [-0.25, -0.2) is 4.99 Å². The zero-order valence-electron chi connectivity index (χ0n) is 21.0. The van der Waals surface area contributed by atoms with Gasteiger partial charge in [0.15, 0.2) is 11.5 Å². The molecule has 1 aliphatic heterocycles. The first-order valence-corrected chi connectivity index (χ1v) is 12.2. The van der Waals surface area contributed by atoms with E-state index in [1.54, 1.807) is 9.80 Å². The Labute approximate surface area is 217 Å². The summed E-state index contributed by atoms with van der Waals surface area (Å²) in [4.78, 5) is 22.2. The molecule has 1 unspecified atom stereocenters. The van der Waals surface area contributed by atoms with Crippen molar-refractivity contribution in [3.63, 3.8) is 0 Å². The quantitative estimate of drug-likeness (QED) is 0.374. The van der Waals surface area contributed by atoms with Crippen LogP contribution in [-0.2, 0) is 16.9 Å². The van der Waals surface area contributed by atoms with E-state index in [2.05, 4.69) is 0 Å². The number of nitrogens with zero attached hydrogens (tertiary/aromatic N) is 3. The lowest BCUT2D eigenvalue weighted by atomic mass is 9.83. The molecule has 0 bridgehead atoms. The van der Waals surface area contributed by atoms with E-state index in [1.807, 2.05) is 123 Å².